The number of amidine groups is 1. The number of halogens is 1. The molecular formula is C21H15ClN2OS3. The molecule has 0 bridgehead atoms. The summed E-state index contributed by atoms with van der Waals surface area (Å²) in [7, 11) is 0. The predicted molar refractivity (Wildman–Crippen MR) is 122 cm³/mol. The number of thioether (sulfide) groups is 1. The normalized spacial score (nSPS) is 16.7. The fourth-order valence-corrected chi connectivity index (χ4v) is 5.61. The Morgan fingerprint density at radius 2 is 1.93 bits per heavy atom. The van der Waals surface area contributed by atoms with Crippen LogP contribution in [0.1, 0.15) is 10.4 Å². The van der Waals surface area contributed by atoms with Crippen molar-refractivity contribution in [1.29, 1.82) is 0 Å². The lowest BCUT2D eigenvalue weighted by Crippen LogP contribution is -2.19. The maximum atomic E-state index is 12.3. The van der Waals surface area contributed by atoms with Crippen LogP contribution in [0.15, 0.2) is 79.7 Å². The molecule has 0 spiro atoms. The minimum atomic E-state index is -0.114. The summed E-state index contributed by atoms with van der Waals surface area (Å²) in [5.74, 6) is -0.114. The number of carbonyl (C=O) groups is 1. The average molecular weight is 443 g/mol. The Kier molecular flexibility index (Phi) is 5.92. The largest absolute Gasteiger partial charge is 0.300 e. The molecule has 0 aliphatic carbocycles. The van der Waals surface area contributed by atoms with E-state index in [2.05, 4.69) is 16.4 Å². The van der Waals surface area contributed by atoms with E-state index in [4.69, 9.17) is 11.6 Å². The molecule has 0 atom stereocenters. The van der Waals surface area contributed by atoms with E-state index in [9.17, 15) is 4.79 Å². The number of aliphatic imine (C=N–C) groups is 1. The Morgan fingerprint density at radius 3 is 2.71 bits per heavy atom. The smallest absolute Gasteiger partial charge is 0.264 e. The highest BCUT2D eigenvalue weighted by molar-refractivity contribution is 8.18. The highest BCUT2D eigenvalue weighted by atomic mass is 35.5. The second-order valence-electron chi connectivity index (χ2n) is 6.03. The van der Waals surface area contributed by atoms with Gasteiger partial charge >= 0.3 is 0 Å². The van der Waals surface area contributed by atoms with Crippen LogP contribution in [-0.4, -0.2) is 11.1 Å². The third-order valence-corrected chi connectivity index (χ3v) is 7.12. The van der Waals surface area contributed by atoms with Crippen molar-refractivity contribution in [3.05, 3.63) is 81.0 Å². The van der Waals surface area contributed by atoms with E-state index in [1.807, 2.05) is 67.6 Å². The number of nitrogens with one attached hydrogen (secondary N) is 1. The first-order chi connectivity index (χ1) is 13.5. The summed E-state index contributed by atoms with van der Waals surface area (Å²) in [6.45, 7) is 2.02. The SMILES string of the molecule is Cc1cccc(N=C2NC(=O)/C(=C/c3ccc(Sc4ccc(Cl)cc4)s3)S2)c1. The fraction of sp³-hybridized carbons (Fsp3) is 0.0476. The van der Waals surface area contributed by atoms with Gasteiger partial charge < -0.3 is 5.32 Å². The number of benzene rings is 2. The summed E-state index contributed by atoms with van der Waals surface area (Å²) in [5, 5.41) is 4.17. The van der Waals surface area contributed by atoms with Crippen molar-refractivity contribution in [3.8, 4) is 0 Å². The summed E-state index contributed by atoms with van der Waals surface area (Å²) < 4.78 is 1.16. The fourth-order valence-electron chi connectivity index (χ4n) is 2.51. The number of amides is 1. The van der Waals surface area contributed by atoms with Gasteiger partial charge in [-0.3, -0.25) is 4.79 Å². The van der Waals surface area contributed by atoms with Crippen molar-refractivity contribution in [1.82, 2.24) is 5.32 Å². The van der Waals surface area contributed by atoms with Crippen molar-refractivity contribution in [2.24, 2.45) is 4.99 Å². The third kappa shape index (κ3) is 4.89. The maximum absolute atomic E-state index is 12.3. The Hall–Kier alpha value is -1.99. The van der Waals surface area contributed by atoms with Crippen LogP contribution in [0.4, 0.5) is 5.69 Å². The van der Waals surface area contributed by atoms with Gasteiger partial charge in [-0.2, -0.15) is 0 Å². The van der Waals surface area contributed by atoms with Crippen molar-refractivity contribution < 1.29 is 4.79 Å². The number of hydrogen-bond acceptors (Lipinski definition) is 5. The molecule has 1 aliphatic heterocycles. The van der Waals surface area contributed by atoms with Crippen molar-refractivity contribution >= 4 is 69.3 Å². The van der Waals surface area contributed by atoms with Gasteiger partial charge in [0.2, 0.25) is 0 Å². The van der Waals surface area contributed by atoms with Crippen LogP contribution in [0.25, 0.3) is 6.08 Å². The van der Waals surface area contributed by atoms with E-state index in [0.717, 1.165) is 30.3 Å². The Balaban J connectivity index is 1.48. The summed E-state index contributed by atoms with van der Waals surface area (Å²) in [5.41, 5.74) is 1.97. The highest BCUT2D eigenvalue weighted by Crippen LogP contribution is 2.36. The molecular weight excluding hydrogens is 428 g/mol. The molecule has 140 valence electrons. The Labute approximate surface area is 180 Å². The van der Waals surface area contributed by atoms with Gasteiger partial charge in [0.1, 0.15) is 0 Å². The van der Waals surface area contributed by atoms with Gasteiger partial charge in [-0.1, -0.05) is 35.5 Å². The zero-order chi connectivity index (χ0) is 19.5. The van der Waals surface area contributed by atoms with E-state index in [1.54, 1.807) is 23.1 Å². The van der Waals surface area contributed by atoms with Gasteiger partial charge in [-0.25, -0.2) is 4.99 Å². The zero-order valence-electron chi connectivity index (χ0n) is 14.8. The van der Waals surface area contributed by atoms with Crippen molar-refractivity contribution in [3.63, 3.8) is 0 Å². The zero-order valence-corrected chi connectivity index (χ0v) is 18.0. The minimum absolute atomic E-state index is 0.114. The first-order valence-electron chi connectivity index (χ1n) is 8.45. The summed E-state index contributed by atoms with van der Waals surface area (Å²) in [4.78, 5) is 19.6. The van der Waals surface area contributed by atoms with E-state index in [0.29, 0.717) is 10.1 Å². The molecule has 3 nitrogen and oxygen atoms in total. The first kappa shape index (κ1) is 19.3. The number of rotatable bonds is 4. The molecule has 0 radical (unpaired) electrons. The van der Waals surface area contributed by atoms with Gasteiger partial charge in [-0.15, -0.1) is 11.3 Å². The molecule has 2 aromatic carbocycles. The van der Waals surface area contributed by atoms with Crippen LogP contribution in [0, 0.1) is 6.92 Å². The molecule has 1 aliphatic rings. The van der Waals surface area contributed by atoms with E-state index in [1.165, 1.54) is 11.8 Å². The number of carbonyl (C=O) groups excluding carboxylic acids is 1. The second-order valence-corrected chi connectivity index (χ2v) is 9.99. The van der Waals surface area contributed by atoms with Crippen LogP contribution < -0.4 is 5.32 Å². The van der Waals surface area contributed by atoms with E-state index >= 15 is 0 Å². The molecule has 0 saturated carbocycles. The average Bonchev–Trinajstić information content (AvgIpc) is 3.24. The number of thiophene rings is 1. The maximum Gasteiger partial charge on any atom is 0.264 e. The van der Waals surface area contributed by atoms with Crippen molar-refractivity contribution in [2.45, 2.75) is 16.0 Å². The number of nitrogens with zero attached hydrogens (tertiary/aromatic N) is 1. The standard InChI is InChI=1S/C21H15ClN2OS3/c1-13-3-2-4-15(11-13)23-21-24-20(25)18(28-21)12-17-9-10-19(27-17)26-16-7-5-14(22)6-8-16/h2-12H,1H3,(H,23,24,25)/b18-12-. The molecule has 1 fully saturated rings. The van der Waals surface area contributed by atoms with E-state index in [-0.39, 0.29) is 5.91 Å². The molecule has 1 amide bonds. The van der Waals surface area contributed by atoms with Crippen LogP contribution >= 0.6 is 46.5 Å². The lowest BCUT2D eigenvalue weighted by molar-refractivity contribution is -0.115. The van der Waals surface area contributed by atoms with Gasteiger partial charge in [0, 0.05) is 14.8 Å². The quantitative estimate of drug-likeness (QED) is 0.454. The van der Waals surface area contributed by atoms with Crippen LogP contribution in [0.2, 0.25) is 5.02 Å². The summed E-state index contributed by atoms with van der Waals surface area (Å²) in [6, 6.07) is 19.7. The molecule has 4 rings (SSSR count). The number of hydrogen-bond donors (Lipinski definition) is 1. The molecule has 7 heteroatoms. The van der Waals surface area contributed by atoms with Gasteiger partial charge in [0.25, 0.3) is 5.91 Å². The van der Waals surface area contributed by atoms with E-state index < -0.39 is 0 Å². The monoisotopic (exact) mass is 442 g/mol. The first-order valence-corrected chi connectivity index (χ1v) is 11.3. The Morgan fingerprint density at radius 1 is 1.11 bits per heavy atom. The molecule has 1 N–H and O–H groups in total. The predicted octanol–water partition coefficient (Wildman–Crippen LogP) is 6.75. The van der Waals surface area contributed by atoms with Crippen LogP contribution in [0.5, 0.6) is 0 Å². The minimum Gasteiger partial charge on any atom is -0.300 e. The van der Waals surface area contributed by atoms with Gasteiger partial charge in [-0.05, 0) is 78.9 Å². The topological polar surface area (TPSA) is 41.5 Å². The molecule has 28 heavy (non-hydrogen) atoms. The van der Waals surface area contributed by atoms with Gasteiger partial charge in [0.05, 0.1) is 14.8 Å². The van der Waals surface area contributed by atoms with Gasteiger partial charge in [0.15, 0.2) is 5.17 Å². The lowest BCUT2D eigenvalue weighted by Gasteiger charge is -1.97. The third-order valence-electron chi connectivity index (χ3n) is 3.79. The molecule has 1 saturated heterocycles. The van der Waals surface area contributed by atoms with Crippen LogP contribution in [-0.2, 0) is 4.79 Å². The second kappa shape index (κ2) is 8.57. The summed E-state index contributed by atoms with van der Waals surface area (Å²) >= 11 is 10.6. The Bertz CT molecular complexity index is 1090. The highest BCUT2D eigenvalue weighted by Gasteiger charge is 2.24. The molecule has 1 aromatic heterocycles. The summed E-state index contributed by atoms with van der Waals surface area (Å²) in [6.07, 6.45) is 1.91. The lowest BCUT2D eigenvalue weighted by atomic mass is 10.2. The number of aryl methyl sites for hydroxylation is 1. The molecule has 2 heterocycles. The molecule has 3 aromatic rings. The van der Waals surface area contributed by atoms with Crippen molar-refractivity contribution in [2.75, 3.05) is 0 Å². The van der Waals surface area contributed by atoms with Crippen LogP contribution in [0.3, 0.4) is 0 Å². The molecule has 0 unspecified atom stereocenters.